The second-order valence-corrected chi connectivity index (χ2v) is 4.13. The molecule has 4 nitrogen and oxygen atoms in total. The number of nitrogens with one attached hydrogen (secondary N) is 1. The Hall–Kier alpha value is -2.04. The summed E-state index contributed by atoms with van der Waals surface area (Å²) in [5.74, 6) is 0. The van der Waals surface area contributed by atoms with Crippen molar-refractivity contribution in [3.8, 4) is 12.1 Å². The highest BCUT2D eigenvalue weighted by atomic mass is 15.2. The predicted octanol–water partition coefficient (Wildman–Crippen LogP) is 1.25. The first-order valence-electron chi connectivity index (χ1n) is 5.69. The molecular weight excluding hydrogens is 212 g/mol. The molecule has 0 amide bonds. The lowest BCUT2D eigenvalue weighted by Crippen LogP contribution is -2.32. The quantitative estimate of drug-likeness (QED) is 0.788. The Bertz CT molecular complexity index is 452. The van der Waals surface area contributed by atoms with Crippen LogP contribution in [0.25, 0.3) is 0 Å². The maximum absolute atomic E-state index is 8.73. The average Bonchev–Trinajstić information content (AvgIpc) is 2.85. The van der Waals surface area contributed by atoms with Crippen LogP contribution in [-0.4, -0.2) is 25.7 Å². The van der Waals surface area contributed by atoms with Crippen molar-refractivity contribution in [3.05, 3.63) is 29.8 Å². The van der Waals surface area contributed by atoms with Crippen molar-refractivity contribution in [2.24, 2.45) is 0 Å². The molecule has 1 aromatic rings. The topological polar surface area (TPSA) is 62.9 Å². The molecule has 1 unspecified atom stereocenters. The van der Waals surface area contributed by atoms with Crippen molar-refractivity contribution in [1.82, 2.24) is 5.32 Å². The van der Waals surface area contributed by atoms with E-state index in [4.69, 9.17) is 10.5 Å². The van der Waals surface area contributed by atoms with Crippen LogP contribution >= 0.6 is 0 Å². The van der Waals surface area contributed by atoms with Gasteiger partial charge in [-0.2, -0.15) is 10.5 Å². The van der Waals surface area contributed by atoms with E-state index in [0.717, 1.165) is 25.2 Å². The number of hydrogen-bond donors (Lipinski definition) is 1. The third-order valence-electron chi connectivity index (χ3n) is 3.02. The molecular formula is C13H14N4. The van der Waals surface area contributed by atoms with Crippen LogP contribution in [0.4, 0.5) is 5.69 Å². The second kappa shape index (κ2) is 5.34. The Kier molecular flexibility index (Phi) is 3.59. The number of hydrogen-bond acceptors (Lipinski definition) is 4. The van der Waals surface area contributed by atoms with Gasteiger partial charge in [-0.15, -0.1) is 0 Å². The molecule has 0 aliphatic carbocycles. The predicted molar refractivity (Wildman–Crippen MR) is 65.4 cm³/mol. The summed E-state index contributed by atoms with van der Waals surface area (Å²) in [6, 6.07) is 12.2. The van der Waals surface area contributed by atoms with Gasteiger partial charge in [-0.05, 0) is 30.7 Å². The Balaban J connectivity index is 1.96. The summed E-state index contributed by atoms with van der Waals surface area (Å²) < 4.78 is 0. The molecule has 1 N–H and O–H groups in total. The van der Waals surface area contributed by atoms with E-state index in [0.29, 0.717) is 18.2 Å². The number of rotatable bonds is 3. The number of nitriles is 2. The van der Waals surface area contributed by atoms with E-state index in [1.807, 2.05) is 24.3 Å². The van der Waals surface area contributed by atoms with E-state index in [1.54, 1.807) is 0 Å². The smallest absolute Gasteiger partial charge is 0.0991 e. The van der Waals surface area contributed by atoms with Crippen molar-refractivity contribution < 1.29 is 0 Å². The van der Waals surface area contributed by atoms with E-state index in [9.17, 15) is 0 Å². The highest BCUT2D eigenvalue weighted by Gasteiger charge is 2.21. The first kappa shape index (κ1) is 11.4. The second-order valence-electron chi connectivity index (χ2n) is 4.13. The van der Waals surface area contributed by atoms with Crippen LogP contribution < -0.4 is 10.2 Å². The summed E-state index contributed by atoms with van der Waals surface area (Å²) in [5, 5.41) is 20.4. The largest absolute Gasteiger partial charge is 0.370 e. The van der Waals surface area contributed by atoms with Gasteiger partial charge in [0.05, 0.1) is 24.2 Å². The van der Waals surface area contributed by atoms with E-state index in [1.165, 1.54) is 0 Å². The highest BCUT2D eigenvalue weighted by Crippen LogP contribution is 2.20. The molecule has 1 atom stereocenters. The normalized spacial score (nSPS) is 18.7. The third kappa shape index (κ3) is 2.75. The van der Waals surface area contributed by atoms with Gasteiger partial charge in [0.25, 0.3) is 0 Å². The molecule has 1 aromatic carbocycles. The first-order valence-corrected chi connectivity index (χ1v) is 5.69. The van der Waals surface area contributed by atoms with Crippen LogP contribution in [0.3, 0.4) is 0 Å². The molecule has 86 valence electrons. The highest BCUT2D eigenvalue weighted by molar-refractivity contribution is 5.50. The zero-order valence-electron chi connectivity index (χ0n) is 9.56. The molecule has 0 saturated carbocycles. The molecule has 1 saturated heterocycles. The Morgan fingerprint density at radius 1 is 1.29 bits per heavy atom. The van der Waals surface area contributed by atoms with E-state index in [2.05, 4.69) is 22.4 Å². The molecule has 1 heterocycles. The van der Waals surface area contributed by atoms with Gasteiger partial charge in [0.2, 0.25) is 0 Å². The Morgan fingerprint density at radius 2 is 2.06 bits per heavy atom. The minimum absolute atomic E-state index is 0.394. The van der Waals surface area contributed by atoms with Crippen molar-refractivity contribution in [1.29, 1.82) is 10.5 Å². The molecule has 4 heteroatoms. The van der Waals surface area contributed by atoms with Gasteiger partial charge < -0.3 is 4.90 Å². The van der Waals surface area contributed by atoms with Gasteiger partial charge in [0, 0.05) is 24.8 Å². The minimum Gasteiger partial charge on any atom is -0.370 e. The number of nitrogens with zero attached hydrogens (tertiary/aromatic N) is 3. The average molecular weight is 226 g/mol. The third-order valence-corrected chi connectivity index (χ3v) is 3.02. The molecule has 17 heavy (non-hydrogen) atoms. The minimum atomic E-state index is 0.394. The van der Waals surface area contributed by atoms with E-state index < -0.39 is 0 Å². The molecule has 0 bridgehead atoms. The monoisotopic (exact) mass is 226 g/mol. The molecule has 1 aliphatic heterocycles. The van der Waals surface area contributed by atoms with Crippen LogP contribution in [0.15, 0.2) is 24.3 Å². The number of benzene rings is 1. The standard InChI is InChI=1S/C13H14N4/c14-6-7-16-12-5-8-17(10-12)13-3-1-11(9-15)2-4-13/h1-4,12,16H,5,7-8,10H2. The molecule has 2 rings (SSSR count). The van der Waals surface area contributed by atoms with Crippen LogP contribution in [0.5, 0.6) is 0 Å². The van der Waals surface area contributed by atoms with Gasteiger partial charge in [-0.1, -0.05) is 0 Å². The van der Waals surface area contributed by atoms with Gasteiger partial charge in [-0.25, -0.2) is 0 Å². The zero-order valence-corrected chi connectivity index (χ0v) is 9.56. The Labute approximate surface area is 101 Å². The van der Waals surface area contributed by atoms with Crippen LogP contribution in [0, 0.1) is 22.7 Å². The lowest BCUT2D eigenvalue weighted by molar-refractivity contribution is 0.591. The first-order chi connectivity index (χ1) is 8.33. The van der Waals surface area contributed by atoms with Crippen LogP contribution in [0.1, 0.15) is 12.0 Å². The van der Waals surface area contributed by atoms with Crippen molar-refractivity contribution >= 4 is 5.69 Å². The fourth-order valence-electron chi connectivity index (χ4n) is 2.10. The SMILES string of the molecule is N#CCNC1CCN(c2ccc(C#N)cc2)C1. The summed E-state index contributed by atoms with van der Waals surface area (Å²) >= 11 is 0. The van der Waals surface area contributed by atoms with Crippen LogP contribution in [-0.2, 0) is 0 Å². The van der Waals surface area contributed by atoms with Gasteiger partial charge >= 0.3 is 0 Å². The molecule has 0 spiro atoms. The van der Waals surface area contributed by atoms with Crippen LogP contribution in [0.2, 0.25) is 0 Å². The van der Waals surface area contributed by atoms with Gasteiger partial charge in [0.1, 0.15) is 0 Å². The summed E-state index contributed by atoms with van der Waals surface area (Å²) in [6.45, 7) is 2.33. The number of anilines is 1. The lowest BCUT2D eigenvalue weighted by Gasteiger charge is -2.18. The van der Waals surface area contributed by atoms with Crippen molar-refractivity contribution in [2.45, 2.75) is 12.5 Å². The molecule has 1 aliphatic rings. The summed E-state index contributed by atoms with van der Waals surface area (Å²) in [4.78, 5) is 2.27. The van der Waals surface area contributed by atoms with Crippen molar-refractivity contribution in [3.63, 3.8) is 0 Å². The summed E-state index contributed by atoms with van der Waals surface area (Å²) in [7, 11) is 0. The van der Waals surface area contributed by atoms with E-state index in [-0.39, 0.29) is 0 Å². The molecule has 0 radical (unpaired) electrons. The lowest BCUT2D eigenvalue weighted by atomic mass is 10.2. The summed E-state index contributed by atoms with van der Waals surface area (Å²) in [6.07, 6.45) is 1.06. The fraction of sp³-hybridized carbons (Fsp3) is 0.385. The van der Waals surface area contributed by atoms with Gasteiger partial charge in [0.15, 0.2) is 0 Å². The molecule has 1 fully saturated rings. The fourth-order valence-corrected chi connectivity index (χ4v) is 2.10. The molecule has 0 aromatic heterocycles. The maximum Gasteiger partial charge on any atom is 0.0991 e. The Morgan fingerprint density at radius 3 is 2.71 bits per heavy atom. The van der Waals surface area contributed by atoms with Crippen molar-refractivity contribution in [2.75, 3.05) is 24.5 Å². The maximum atomic E-state index is 8.73. The van der Waals surface area contributed by atoms with Gasteiger partial charge in [-0.3, -0.25) is 5.32 Å². The van der Waals surface area contributed by atoms with E-state index >= 15 is 0 Å². The summed E-state index contributed by atoms with van der Waals surface area (Å²) in [5.41, 5.74) is 1.83. The zero-order chi connectivity index (χ0) is 12.1.